The number of hydrogen-bond acceptors (Lipinski definition) is 5. The number of amides is 2. The maximum Gasteiger partial charge on any atom is 0.321 e. The molecule has 0 saturated heterocycles. The summed E-state index contributed by atoms with van der Waals surface area (Å²) >= 11 is 0. The molecule has 1 unspecified atom stereocenters. The molecule has 3 aromatic carbocycles. The van der Waals surface area contributed by atoms with Crippen molar-refractivity contribution in [3.05, 3.63) is 96.6 Å². The number of fused-ring (bicyclic) bond motifs is 1. The molecule has 0 radical (unpaired) electrons. The highest BCUT2D eigenvalue weighted by Gasteiger charge is 2.27. The number of nitrogens with two attached hydrogens (primary N) is 1. The molecule has 6 rings (SSSR count). The molecular formula is C31H29FN6O2. The van der Waals surface area contributed by atoms with Crippen molar-refractivity contribution in [2.75, 3.05) is 11.1 Å². The van der Waals surface area contributed by atoms with Crippen molar-refractivity contribution in [3.8, 4) is 23.0 Å². The lowest BCUT2D eigenvalue weighted by Gasteiger charge is -2.30. The van der Waals surface area contributed by atoms with Crippen LogP contribution >= 0.6 is 0 Å². The molecule has 0 aliphatic heterocycles. The van der Waals surface area contributed by atoms with Crippen LogP contribution in [0.4, 0.5) is 20.6 Å². The standard InChI is InChI=1S/C31H29FN6O2/c1-19(20-6-10-22(32)11-7-20)36-30(39)37-23-12-8-21(9-13-23)29-28(33)26-15-14-25(40-31-34-16-3-17-35-31)18-27(26)38(29)24-4-2-5-24/h3,6-19,24H,2,4-5,33H2,1H3,(H2,36,37,39). The fraction of sp³-hybridized carbons (Fsp3) is 0.194. The smallest absolute Gasteiger partial charge is 0.321 e. The predicted octanol–water partition coefficient (Wildman–Crippen LogP) is 7.22. The average Bonchev–Trinajstić information content (AvgIpc) is 3.20. The van der Waals surface area contributed by atoms with Gasteiger partial charge in [-0.3, -0.25) is 0 Å². The maximum atomic E-state index is 13.2. The number of ether oxygens (including phenoxy) is 1. The average molecular weight is 537 g/mol. The summed E-state index contributed by atoms with van der Waals surface area (Å²) in [6, 6.07) is 21.3. The number of rotatable bonds is 7. The molecule has 9 heteroatoms. The number of carbonyl (C=O) groups excluding carboxylic acids is 1. The van der Waals surface area contributed by atoms with Gasteiger partial charge in [0.2, 0.25) is 0 Å². The molecule has 2 aromatic heterocycles. The van der Waals surface area contributed by atoms with E-state index in [0.29, 0.717) is 23.2 Å². The fourth-order valence-corrected chi connectivity index (χ4v) is 5.05. The molecule has 0 spiro atoms. The Morgan fingerprint density at radius 1 is 1.05 bits per heavy atom. The van der Waals surface area contributed by atoms with Gasteiger partial charge in [0.05, 0.1) is 22.9 Å². The highest BCUT2D eigenvalue weighted by Crippen LogP contribution is 2.45. The van der Waals surface area contributed by atoms with Crippen LogP contribution < -0.4 is 21.1 Å². The zero-order valence-electron chi connectivity index (χ0n) is 22.0. The van der Waals surface area contributed by atoms with Crippen LogP contribution in [0.3, 0.4) is 0 Å². The molecule has 8 nitrogen and oxygen atoms in total. The van der Waals surface area contributed by atoms with Gasteiger partial charge >= 0.3 is 12.0 Å². The second-order valence-electron chi connectivity index (χ2n) is 9.98. The topological polar surface area (TPSA) is 107 Å². The van der Waals surface area contributed by atoms with E-state index in [1.165, 1.54) is 18.6 Å². The summed E-state index contributed by atoms with van der Waals surface area (Å²) in [7, 11) is 0. The Hall–Kier alpha value is -4.92. The molecule has 0 bridgehead atoms. The normalized spacial score (nSPS) is 13.9. The maximum absolute atomic E-state index is 13.2. The van der Waals surface area contributed by atoms with Crippen molar-refractivity contribution >= 4 is 28.3 Å². The molecule has 1 atom stereocenters. The van der Waals surface area contributed by atoms with Crippen molar-refractivity contribution in [2.24, 2.45) is 0 Å². The second kappa shape index (κ2) is 10.7. The summed E-state index contributed by atoms with van der Waals surface area (Å²) in [5, 5.41) is 6.71. The van der Waals surface area contributed by atoms with Gasteiger partial charge in [-0.1, -0.05) is 24.3 Å². The van der Waals surface area contributed by atoms with Gasteiger partial charge in [-0.15, -0.1) is 0 Å². The van der Waals surface area contributed by atoms with Gasteiger partial charge in [0.1, 0.15) is 11.6 Å². The van der Waals surface area contributed by atoms with Crippen molar-refractivity contribution in [1.82, 2.24) is 19.9 Å². The Kier molecular flexibility index (Phi) is 6.77. The van der Waals surface area contributed by atoms with Gasteiger partial charge in [0.25, 0.3) is 0 Å². The van der Waals surface area contributed by atoms with Crippen LogP contribution in [0.1, 0.15) is 43.8 Å². The lowest BCUT2D eigenvalue weighted by Crippen LogP contribution is -2.31. The molecule has 202 valence electrons. The number of hydrogen-bond donors (Lipinski definition) is 3. The molecule has 4 N–H and O–H groups in total. The Balaban J connectivity index is 1.25. The van der Waals surface area contributed by atoms with Gasteiger partial charge in [-0.25, -0.2) is 19.2 Å². The van der Waals surface area contributed by atoms with Gasteiger partial charge in [0.15, 0.2) is 0 Å². The largest absolute Gasteiger partial charge is 0.424 e. The van der Waals surface area contributed by atoms with Crippen LogP contribution in [-0.4, -0.2) is 20.6 Å². The third kappa shape index (κ3) is 5.05. The molecule has 40 heavy (non-hydrogen) atoms. The first kappa shape index (κ1) is 25.4. The number of urea groups is 1. The number of aromatic nitrogens is 3. The number of nitrogens with zero attached hydrogens (tertiary/aromatic N) is 3. The lowest BCUT2D eigenvalue weighted by atomic mass is 9.92. The summed E-state index contributed by atoms with van der Waals surface area (Å²) < 4.78 is 21.4. The Morgan fingerprint density at radius 2 is 1.77 bits per heavy atom. The van der Waals surface area contributed by atoms with Crippen molar-refractivity contribution in [1.29, 1.82) is 0 Å². The van der Waals surface area contributed by atoms with Crippen LogP contribution in [0.5, 0.6) is 11.8 Å². The van der Waals surface area contributed by atoms with Gasteiger partial charge in [0, 0.05) is 41.1 Å². The first-order valence-electron chi connectivity index (χ1n) is 13.3. The van der Waals surface area contributed by atoms with E-state index >= 15 is 0 Å². The van der Waals surface area contributed by atoms with Gasteiger partial charge in [-0.2, -0.15) is 0 Å². The van der Waals surface area contributed by atoms with E-state index in [1.807, 2.05) is 49.4 Å². The number of nitrogens with one attached hydrogen (secondary N) is 2. The molecular weight excluding hydrogens is 507 g/mol. The number of carbonyl (C=O) groups is 1. The molecule has 2 heterocycles. The van der Waals surface area contributed by atoms with E-state index in [4.69, 9.17) is 10.5 Å². The molecule has 1 aliphatic carbocycles. The molecule has 1 saturated carbocycles. The Labute approximate surface area is 231 Å². The zero-order chi connectivity index (χ0) is 27.6. The molecule has 1 aliphatic rings. The van der Waals surface area contributed by atoms with E-state index in [9.17, 15) is 9.18 Å². The summed E-state index contributed by atoms with van der Waals surface area (Å²) in [5.41, 5.74) is 11.8. The minimum absolute atomic E-state index is 0.278. The highest BCUT2D eigenvalue weighted by molar-refractivity contribution is 6.02. The fourth-order valence-electron chi connectivity index (χ4n) is 5.05. The highest BCUT2D eigenvalue weighted by atomic mass is 19.1. The number of nitrogen functional groups attached to an aromatic ring is 1. The summed E-state index contributed by atoms with van der Waals surface area (Å²) in [5.74, 6) is 0.330. The Bertz CT molecular complexity index is 1650. The zero-order valence-corrected chi connectivity index (χ0v) is 22.0. The van der Waals surface area contributed by atoms with Crippen LogP contribution in [0.2, 0.25) is 0 Å². The molecule has 5 aromatic rings. The van der Waals surface area contributed by atoms with Crippen LogP contribution in [0.15, 0.2) is 85.2 Å². The van der Waals surface area contributed by atoms with Crippen LogP contribution in [0, 0.1) is 5.82 Å². The Morgan fingerprint density at radius 3 is 2.45 bits per heavy atom. The summed E-state index contributed by atoms with van der Waals surface area (Å²) in [6.45, 7) is 1.85. The second-order valence-corrected chi connectivity index (χ2v) is 9.98. The minimum atomic E-state index is -0.345. The summed E-state index contributed by atoms with van der Waals surface area (Å²) in [4.78, 5) is 20.9. The third-order valence-electron chi connectivity index (χ3n) is 7.34. The van der Waals surface area contributed by atoms with E-state index in [-0.39, 0.29) is 23.9 Å². The summed E-state index contributed by atoms with van der Waals surface area (Å²) in [6.07, 6.45) is 6.61. The number of halogens is 1. The quantitative estimate of drug-likeness (QED) is 0.204. The number of benzene rings is 3. The van der Waals surface area contributed by atoms with Crippen LogP contribution in [-0.2, 0) is 0 Å². The first-order chi connectivity index (χ1) is 19.5. The predicted molar refractivity (Wildman–Crippen MR) is 154 cm³/mol. The first-order valence-corrected chi connectivity index (χ1v) is 13.3. The molecule has 1 fully saturated rings. The van der Waals surface area contributed by atoms with E-state index in [1.54, 1.807) is 30.6 Å². The van der Waals surface area contributed by atoms with Crippen molar-refractivity contribution < 1.29 is 13.9 Å². The van der Waals surface area contributed by atoms with E-state index < -0.39 is 0 Å². The number of anilines is 2. The molecule has 2 amide bonds. The lowest BCUT2D eigenvalue weighted by molar-refractivity contribution is 0.249. The van der Waals surface area contributed by atoms with Gasteiger partial charge < -0.3 is 25.7 Å². The van der Waals surface area contributed by atoms with Crippen LogP contribution in [0.25, 0.3) is 22.2 Å². The van der Waals surface area contributed by atoms with Crippen molar-refractivity contribution in [3.63, 3.8) is 0 Å². The van der Waals surface area contributed by atoms with Gasteiger partial charge in [-0.05, 0) is 74.2 Å². The SMILES string of the molecule is CC(NC(=O)Nc1ccc(-c2c(N)c3ccc(Oc4ncccn4)cc3n2C2CCC2)cc1)c1ccc(F)cc1. The van der Waals surface area contributed by atoms with E-state index in [0.717, 1.165) is 40.6 Å². The monoisotopic (exact) mass is 536 g/mol. The van der Waals surface area contributed by atoms with E-state index in [2.05, 4.69) is 25.2 Å². The minimum Gasteiger partial charge on any atom is -0.424 e. The van der Waals surface area contributed by atoms with Crippen molar-refractivity contribution in [2.45, 2.75) is 38.3 Å². The third-order valence-corrected chi connectivity index (χ3v) is 7.34.